The number of fused-ring (bicyclic) bond motifs is 1. The molecule has 3 heterocycles. The van der Waals surface area contributed by atoms with Crippen molar-refractivity contribution < 1.29 is 0 Å². The Hall–Kier alpha value is -2.56. The first-order valence-corrected chi connectivity index (χ1v) is 11.2. The Bertz CT molecular complexity index is 1160. The lowest BCUT2D eigenvalue weighted by atomic mass is 9.98. The first kappa shape index (κ1) is 18.5. The lowest BCUT2D eigenvalue weighted by molar-refractivity contribution is 0.248. The van der Waals surface area contributed by atoms with E-state index in [1.165, 1.54) is 45.4 Å². The first-order chi connectivity index (χ1) is 14.2. The molecule has 1 aliphatic rings. The zero-order chi connectivity index (χ0) is 19.8. The van der Waals surface area contributed by atoms with Gasteiger partial charge in [0.15, 0.2) is 0 Å². The summed E-state index contributed by atoms with van der Waals surface area (Å²) in [5.41, 5.74) is 10.8. The average Bonchev–Trinajstić information content (AvgIpc) is 3.38. The molecule has 29 heavy (non-hydrogen) atoms. The van der Waals surface area contributed by atoms with Gasteiger partial charge in [-0.3, -0.25) is 9.88 Å². The highest BCUT2D eigenvalue weighted by Crippen LogP contribution is 2.35. The van der Waals surface area contributed by atoms with Gasteiger partial charge in [-0.05, 0) is 73.7 Å². The Labute approximate surface area is 176 Å². The SMILES string of the molecule is Cc1cc(-c2cccnc2C)ccc1CN1CCCC1c1ccc2scnc2c1. The number of benzene rings is 2. The van der Waals surface area contributed by atoms with Gasteiger partial charge in [-0.15, -0.1) is 11.3 Å². The highest BCUT2D eigenvalue weighted by atomic mass is 32.1. The molecule has 0 N–H and O–H groups in total. The maximum absolute atomic E-state index is 4.51. The number of hydrogen-bond acceptors (Lipinski definition) is 4. The van der Waals surface area contributed by atoms with E-state index in [1.54, 1.807) is 11.3 Å². The second kappa shape index (κ2) is 7.69. The van der Waals surface area contributed by atoms with Crippen molar-refractivity contribution in [1.29, 1.82) is 0 Å². The molecule has 0 spiro atoms. The molecule has 1 atom stereocenters. The third-order valence-electron chi connectivity index (χ3n) is 6.14. The summed E-state index contributed by atoms with van der Waals surface area (Å²) in [6.45, 7) is 6.46. The fourth-order valence-corrected chi connectivity index (χ4v) is 5.18. The normalized spacial score (nSPS) is 17.2. The molecule has 146 valence electrons. The average molecular weight is 400 g/mol. The summed E-state index contributed by atoms with van der Waals surface area (Å²) in [7, 11) is 0. The lowest BCUT2D eigenvalue weighted by Crippen LogP contribution is -2.23. The fourth-order valence-electron chi connectivity index (χ4n) is 4.52. The Morgan fingerprint density at radius 2 is 2.00 bits per heavy atom. The summed E-state index contributed by atoms with van der Waals surface area (Å²) >= 11 is 1.72. The summed E-state index contributed by atoms with van der Waals surface area (Å²) < 4.78 is 1.27. The van der Waals surface area contributed by atoms with Crippen LogP contribution >= 0.6 is 11.3 Å². The number of likely N-dealkylation sites (tertiary alicyclic amines) is 1. The molecule has 1 saturated heterocycles. The van der Waals surface area contributed by atoms with Crippen molar-refractivity contribution in [2.75, 3.05) is 6.54 Å². The van der Waals surface area contributed by atoms with E-state index in [9.17, 15) is 0 Å². The molecular formula is C25H25N3S. The van der Waals surface area contributed by atoms with Crippen LogP contribution in [0.4, 0.5) is 0 Å². The van der Waals surface area contributed by atoms with Gasteiger partial charge in [0.2, 0.25) is 0 Å². The number of aryl methyl sites for hydroxylation is 2. The number of rotatable bonds is 4. The molecule has 4 aromatic rings. The molecule has 0 saturated carbocycles. The van der Waals surface area contributed by atoms with Crippen molar-refractivity contribution in [3.05, 3.63) is 82.6 Å². The number of hydrogen-bond donors (Lipinski definition) is 0. The molecule has 0 amide bonds. The quantitative estimate of drug-likeness (QED) is 0.402. The largest absolute Gasteiger partial charge is 0.292 e. The summed E-state index contributed by atoms with van der Waals surface area (Å²) in [4.78, 5) is 11.6. The Balaban J connectivity index is 1.39. The van der Waals surface area contributed by atoms with Crippen molar-refractivity contribution in [2.45, 2.75) is 39.3 Å². The van der Waals surface area contributed by atoms with Gasteiger partial charge in [0.05, 0.1) is 15.7 Å². The molecule has 4 heteroatoms. The summed E-state index contributed by atoms with van der Waals surface area (Å²) in [6, 6.07) is 18.3. The van der Waals surface area contributed by atoms with Crippen LogP contribution in [0.25, 0.3) is 21.3 Å². The number of aromatic nitrogens is 2. The van der Waals surface area contributed by atoms with Crippen LogP contribution in [0.5, 0.6) is 0 Å². The summed E-state index contributed by atoms with van der Waals surface area (Å²) in [5.74, 6) is 0. The first-order valence-electron chi connectivity index (χ1n) is 10.3. The van der Waals surface area contributed by atoms with Crippen LogP contribution < -0.4 is 0 Å². The smallest absolute Gasteiger partial charge is 0.0815 e. The number of thiazole rings is 1. The maximum atomic E-state index is 4.51. The predicted octanol–water partition coefficient (Wildman–Crippen LogP) is 6.31. The zero-order valence-corrected chi connectivity index (χ0v) is 17.7. The van der Waals surface area contributed by atoms with E-state index in [1.807, 2.05) is 17.8 Å². The predicted molar refractivity (Wildman–Crippen MR) is 121 cm³/mol. The van der Waals surface area contributed by atoms with E-state index in [2.05, 4.69) is 71.2 Å². The van der Waals surface area contributed by atoms with Gasteiger partial charge >= 0.3 is 0 Å². The van der Waals surface area contributed by atoms with Crippen LogP contribution in [0.3, 0.4) is 0 Å². The van der Waals surface area contributed by atoms with Gasteiger partial charge in [0.1, 0.15) is 0 Å². The van der Waals surface area contributed by atoms with Gasteiger partial charge < -0.3 is 0 Å². The van der Waals surface area contributed by atoms with Crippen molar-refractivity contribution in [3.63, 3.8) is 0 Å². The van der Waals surface area contributed by atoms with E-state index in [4.69, 9.17) is 0 Å². The van der Waals surface area contributed by atoms with E-state index < -0.39 is 0 Å². The second-order valence-corrected chi connectivity index (χ2v) is 8.87. The zero-order valence-electron chi connectivity index (χ0n) is 16.9. The summed E-state index contributed by atoms with van der Waals surface area (Å²) in [6.07, 6.45) is 4.34. The van der Waals surface area contributed by atoms with Crippen molar-refractivity contribution in [2.24, 2.45) is 0 Å². The molecule has 1 aliphatic heterocycles. The van der Waals surface area contributed by atoms with Gasteiger partial charge in [-0.25, -0.2) is 4.98 Å². The van der Waals surface area contributed by atoms with Crippen molar-refractivity contribution in [1.82, 2.24) is 14.9 Å². The van der Waals surface area contributed by atoms with Crippen LogP contribution in [0, 0.1) is 13.8 Å². The second-order valence-electron chi connectivity index (χ2n) is 7.99. The van der Waals surface area contributed by atoms with E-state index in [-0.39, 0.29) is 0 Å². The highest BCUT2D eigenvalue weighted by Gasteiger charge is 2.26. The van der Waals surface area contributed by atoms with Crippen LogP contribution in [0.1, 0.15) is 41.3 Å². The van der Waals surface area contributed by atoms with Gasteiger partial charge in [-0.2, -0.15) is 0 Å². The minimum Gasteiger partial charge on any atom is -0.292 e. The fraction of sp³-hybridized carbons (Fsp3) is 0.280. The standard InChI is InChI=1S/C25H25N3S/c1-17-13-19(22-5-3-11-26-18(22)2)7-8-21(17)15-28-12-4-6-24(28)20-9-10-25-23(14-20)27-16-29-25/h3,5,7-11,13-14,16,24H,4,6,12,15H2,1-2H3. The van der Waals surface area contributed by atoms with Crippen LogP contribution in [0.2, 0.25) is 0 Å². The van der Waals surface area contributed by atoms with Crippen LogP contribution in [-0.4, -0.2) is 21.4 Å². The van der Waals surface area contributed by atoms with Gasteiger partial charge in [0.25, 0.3) is 0 Å². The molecule has 1 fully saturated rings. The Morgan fingerprint density at radius 3 is 2.86 bits per heavy atom. The molecule has 0 bridgehead atoms. The van der Waals surface area contributed by atoms with Gasteiger partial charge in [0, 0.05) is 30.0 Å². The lowest BCUT2D eigenvalue weighted by Gasteiger charge is -2.26. The number of pyridine rings is 1. The van der Waals surface area contributed by atoms with E-state index >= 15 is 0 Å². The molecule has 0 aliphatic carbocycles. The molecule has 1 unspecified atom stereocenters. The van der Waals surface area contributed by atoms with Gasteiger partial charge in [-0.1, -0.05) is 30.3 Å². The van der Waals surface area contributed by atoms with E-state index in [0.29, 0.717) is 6.04 Å². The Kier molecular flexibility index (Phi) is 4.90. The molecule has 2 aromatic heterocycles. The van der Waals surface area contributed by atoms with Crippen molar-refractivity contribution in [3.8, 4) is 11.1 Å². The summed E-state index contributed by atoms with van der Waals surface area (Å²) in [5, 5.41) is 0. The highest BCUT2D eigenvalue weighted by molar-refractivity contribution is 7.16. The molecule has 3 nitrogen and oxygen atoms in total. The maximum Gasteiger partial charge on any atom is 0.0815 e. The third-order valence-corrected chi connectivity index (χ3v) is 6.95. The van der Waals surface area contributed by atoms with Crippen LogP contribution in [0.15, 0.2) is 60.2 Å². The molecule has 2 aromatic carbocycles. The molecule has 0 radical (unpaired) electrons. The third kappa shape index (κ3) is 3.59. The molecular weight excluding hydrogens is 374 g/mol. The van der Waals surface area contributed by atoms with E-state index in [0.717, 1.165) is 24.3 Å². The monoisotopic (exact) mass is 399 g/mol. The minimum absolute atomic E-state index is 0.487. The minimum atomic E-state index is 0.487. The van der Waals surface area contributed by atoms with Crippen molar-refractivity contribution >= 4 is 21.6 Å². The van der Waals surface area contributed by atoms with Crippen LogP contribution in [-0.2, 0) is 6.54 Å². The Morgan fingerprint density at radius 1 is 1.07 bits per heavy atom. The number of nitrogens with zero attached hydrogens (tertiary/aromatic N) is 3. The molecule has 5 rings (SSSR count). The topological polar surface area (TPSA) is 29.0 Å².